The van der Waals surface area contributed by atoms with E-state index in [4.69, 9.17) is 4.74 Å². The monoisotopic (exact) mass is 414 g/mol. The van der Waals surface area contributed by atoms with Crippen molar-refractivity contribution in [2.24, 2.45) is 0 Å². The van der Waals surface area contributed by atoms with Gasteiger partial charge in [0.15, 0.2) is 0 Å². The summed E-state index contributed by atoms with van der Waals surface area (Å²) in [4.78, 5) is 16.6. The summed E-state index contributed by atoms with van der Waals surface area (Å²) in [5.74, 6) is 0.0875. The van der Waals surface area contributed by atoms with Gasteiger partial charge in [0.05, 0.1) is 31.1 Å². The highest BCUT2D eigenvalue weighted by Crippen LogP contribution is 2.23. The second-order valence-electron chi connectivity index (χ2n) is 6.35. The number of aromatic nitrogens is 2. The molecule has 29 heavy (non-hydrogen) atoms. The van der Waals surface area contributed by atoms with Crippen LogP contribution < -0.4 is 14.4 Å². The van der Waals surface area contributed by atoms with Gasteiger partial charge in [0, 0.05) is 25.0 Å². The Kier molecular flexibility index (Phi) is 6.18. The Morgan fingerprint density at radius 1 is 1.21 bits per heavy atom. The molecule has 0 atom stereocenters. The van der Waals surface area contributed by atoms with Gasteiger partial charge in [-0.25, -0.2) is 13.4 Å². The van der Waals surface area contributed by atoms with E-state index in [9.17, 15) is 13.2 Å². The number of benzene rings is 2. The second-order valence-corrected chi connectivity index (χ2v) is 8.25. The van der Waals surface area contributed by atoms with Crippen molar-refractivity contribution in [3.8, 4) is 11.4 Å². The summed E-state index contributed by atoms with van der Waals surface area (Å²) in [5, 5.41) is 2.79. The maximum absolute atomic E-state index is 12.5. The minimum absolute atomic E-state index is 0.253. The molecule has 0 aliphatic heterocycles. The zero-order valence-corrected chi connectivity index (χ0v) is 17.0. The molecule has 1 aromatic heterocycles. The molecule has 0 aliphatic rings. The van der Waals surface area contributed by atoms with Gasteiger partial charge in [-0.1, -0.05) is 24.3 Å². The Bertz CT molecular complexity index is 1080. The first-order valence-electron chi connectivity index (χ1n) is 8.83. The van der Waals surface area contributed by atoms with Gasteiger partial charge in [-0.2, -0.15) is 0 Å². The van der Waals surface area contributed by atoms with E-state index in [1.54, 1.807) is 36.8 Å². The molecule has 0 saturated carbocycles. The van der Waals surface area contributed by atoms with Crippen LogP contribution in [0.5, 0.6) is 5.75 Å². The number of hydrogen-bond acceptors (Lipinski definition) is 5. The molecule has 1 heterocycles. The summed E-state index contributed by atoms with van der Waals surface area (Å²) in [6.07, 6.45) is 6.23. The Morgan fingerprint density at radius 2 is 2.00 bits per heavy atom. The summed E-state index contributed by atoms with van der Waals surface area (Å²) in [5.41, 5.74) is 2.13. The molecular formula is C20H22N4O4S. The van der Waals surface area contributed by atoms with Gasteiger partial charge in [0.1, 0.15) is 12.3 Å². The van der Waals surface area contributed by atoms with Crippen molar-refractivity contribution in [3.05, 3.63) is 72.8 Å². The smallest absolute Gasteiger partial charge is 0.241 e. The van der Waals surface area contributed by atoms with E-state index in [1.807, 2.05) is 35.0 Å². The predicted octanol–water partition coefficient (Wildman–Crippen LogP) is 1.96. The lowest BCUT2D eigenvalue weighted by molar-refractivity contribution is -0.119. The lowest BCUT2D eigenvalue weighted by Crippen LogP contribution is -2.40. The van der Waals surface area contributed by atoms with Crippen LogP contribution in [0, 0.1) is 0 Å². The molecule has 3 rings (SSSR count). The molecule has 1 N–H and O–H groups in total. The third-order valence-electron chi connectivity index (χ3n) is 4.28. The van der Waals surface area contributed by atoms with Gasteiger partial charge in [-0.05, 0) is 23.8 Å². The molecule has 3 aromatic rings. The lowest BCUT2D eigenvalue weighted by Gasteiger charge is -2.22. The standard InChI is InChI=1S/C20H22N4O4S/c1-28-18-8-5-7-17(12-18)24(29(2,26)27)14-20(25)22-13-16-6-3-4-9-19(16)23-11-10-21-15-23/h3-12,15H,13-14H2,1-2H3,(H,22,25). The topological polar surface area (TPSA) is 93.5 Å². The molecule has 0 radical (unpaired) electrons. The highest BCUT2D eigenvalue weighted by atomic mass is 32.2. The fraction of sp³-hybridized carbons (Fsp3) is 0.200. The number of imidazole rings is 1. The number of sulfonamides is 1. The molecule has 0 fully saturated rings. The molecule has 0 aliphatic carbocycles. The highest BCUT2D eigenvalue weighted by Gasteiger charge is 2.21. The number of carbonyl (C=O) groups is 1. The zero-order valence-electron chi connectivity index (χ0n) is 16.1. The molecule has 8 nitrogen and oxygen atoms in total. The van der Waals surface area contributed by atoms with Crippen LogP contribution in [0.25, 0.3) is 5.69 Å². The maximum atomic E-state index is 12.5. The molecule has 2 aromatic carbocycles. The van der Waals surface area contributed by atoms with E-state index in [1.165, 1.54) is 7.11 Å². The average Bonchev–Trinajstić information content (AvgIpc) is 3.24. The van der Waals surface area contributed by atoms with Crippen LogP contribution in [0.3, 0.4) is 0 Å². The summed E-state index contributed by atoms with van der Waals surface area (Å²) >= 11 is 0. The van der Waals surface area contributed by atoms with E-state index < -0.39 is 15.9 Å². The van der Waals surface area contributed by atoms with E-state index >= 15 is 0 Å². The van der Waals surface area contributed by atoms with Gasteiger partial charge in [-0.3, -0.25) is 9.10 Å². The zero-order chi connectivity index (χ0) is 20.9. The van der Waals surface area contributed by atoms with Crippen molar-refractivity contribution < 1.29 is 17.9 Å². The normalized spacial score (nSPS) is 11.1. The first-order chi connectivity index (χ1) is 13.9. The Morgan fingerprint density at radius 3 is 2.69 bits per heavy atom. The number of rotatable bonds is 8. The lowest BCUT2D eigenvalue weighted by atomic mass is 10.1. The molecule has 0 spiro atoms. The molecule has 1 amide bonds. The van der Waals surface area contributed by atoms with Crippen LogP contribution >= 0.6 is 0 Å². The van der Waals surface area contributed by atoms with Crippen molar-refractivity contribution in [1.82, 2.24) is 14.9 Å². The first kappa shape index (κ1) is 20.4. The molecule has 0 bridgehead atoms. The minimum atomic E-state index is -3.66. The second kappa shape index (κ2) is 8.78. The quantitative estimate of drug-likeness (QED) is 0.608. The number of ether oxygens (including phenoxy) is 1. The van der Waals surface area contributed by atoms with Crippen molar-refractivity contribution in [1.29, 1.82) is 0 Å². The van der Waals surface area contributed by atoms with E-state index in [2.05, 4.69) is 10.3 Å². The fourth-order valence-electron chi connectivity index (χ4n) is 2.86. The van der Waals surface area contributed by atoms with Gasteiger partial charge >= 0.3 is 0 Å². The predicted molar refractivity (Wildman–Crippen MR) is 111 cm³/mol. The first-order valence-corrected chi connectivity index (χ1v) is 10.7. The van der Waals surface area contributed by atoms with E-state index in [0.717, 1.165) is 21.8 Å². The average molecular weight is 414 g/mol. The summed E-state index contributed by atoms with van der Waals surface area (Å²) < 4.78 is 32.5. The highest BCUT2D eigenvalue weighted by molar-refractivity contribution is 7.92. The third kappa shape index (κ3) is 5.14. The van der Waals surface area contributed by atoms with Crippen LogP contribution in [0.2, 0.25) is 0 Å². The van der Waals surface area contributed by atoms with Gasteiger partial charge < -0.3 is 14.6 Å². The molecule has 152 valence electrons. The maximum Gasteiger partial charge on any atom is 0.241 e. The van der Waals surface area contributed by atoms with Crippen LogP contribution in [-0.4, -0.2) is 43.8 Å². The summed E-state index contributed by atoms with van der Waals surface area (Å²) in [6.45, 7) is -0.0812. The van der Waals surface area contributed by atoms with Gasteiger partial charge in [0.2, 0.25) is 15.9 Å². The van der Waals surface area contributed by atoms with Crippen LogP contribution in [0.15, 0.2) is 67.3 Å². The van der Waals surface area contributed by atoms with Gasteiger partial charge in [-0.15, -0.1) is 0 Å². The fourth-order valence-corrected chi connectivity index (χ4v) is 3.71. The summed E-state index contributed by atoms with van der Waals surface area (Å²) in [7, 11) is -2.17. The van der Waals surface area contributed by atoms with Crippen molar-refractivity contribution in [2.75, 3.05) is 24.2 Å². The molecule has 9 heteroatoms. The number of para-hydroxylation sites is 1. The van der Waals surface area contributed by atoms with E-state index in [0.29, 0.717) is 11.4 Å². The molecule has 0 saturated heterocycles. The number of nitrogens with one attached hydrogen (secondary N) is 1. The largest absolute Gasteiger partial charge is 0.497 e. The Hall–Kier alpha value is -3.33. The number of carbonyl (C=O) groups excluding carboxylic acids is 1. The number of methoxy groups -OCH3 is 1. The van der Waals surface area contributed by atoms with Crippen LogP contribution in [0.1, 0.15) is 5.56 Å². The number of nitrogens with zero attached hydrogens (tertiary/aromatic N) is 3. The van der Waals surface area contributed by atoms with Crippen LogP contribution in [-0.2, 0) is 21.4 Å². The SMILES string of the molecule is COc1cccc(N(CC(=O)NCc2ccccc2-n2ccnc2)S(C)(=O)=O)c1. The number of amides is 1. The van der Waals surface area contributed by atoms with Crippen LogP contribution in [0.4, 0.5) is 5.69 Å². The van der Waals surface area contributed by atoms with E-state index in [-0.39, 0.29) is 13.1 Å². The molecule has 0 unspecified atom stereocenters. The Balaban J connectivity index is 1.74. The Labute approximate surface area is 169 Å². The van der Waals surface area contributed by atoms with Gasteiger partial charge in [0.25, 0.3) is 0 Å². The van der Waals surface area contributed by atoms with Crippen molar-refractivity contribution in [2.45, 2.75) is 6.54 Å². The minimum Gasteiger partial charge on any atom is -0.497 e. The third-order valence-corrected chi connectivity index (χ3v) is 5.42. The number of hydrogen-bond donors (Lipinski definition) is 1. The van der Waals surface area contributed by atoms with Crippen molar-refractivity contribution >= 4 is 21.6 Å². The van der Waals surface area contributed by atoms with Crippen molar-refractivity contribution in [3.63, 3.8) is 0 Å². The summed E-state index contributed by atoms with van der Waals surface area (Å²) in [6, 6.07) is 14.2. The molecular weight excluding hydrogens is 392 g/mol. The number of anilines is 1.